The molecule has 10 atom stereocenters. The number of benzene rings is 1. The number of rotatable bonds is 25. The molecule has 1 aromatic rings. The summed E-state index contributed by atoms with van der Waals surface area (Å²) in [7, 11) is 1.72. The summed E-state index contributed by atoms with van der Waals surface area (Å²) in [5.74, 6) is -16.9. The Kier molecular flexibility index (Phi) is 32.6. The number of aliphatic hydroxyl groups excluding tert-OH is 1. The van der Waals surface area contributed by atoms with Crippen molar-refractivity contribution in [2.75, 3.05) is 103 Å². The number of aliphatic hydroxyl groups is 1. The molecule has 0 bridgehead atoms. The molecule has 0 saturated carbocycles. The quantitative estimate of drug-likeness (QED) is 0.0407. The number of hydrogen-bond donors (Lipinski definition) is 14. The summed E-state index contributed by atoms with van der Waals surface area (Å²) < 4.78 is 0. The van der Waals surface area contributed by atoms with Gasteiger partial charge in [-0.3, -0.25) is 91.5 Å². The number of aliphatic carboxylic acids is 5. The lowest BCUT2D eigenvalue weighted by Gasteiger charge is -2.34. The van der Waals surface area contributed by atoms with Gasteiger partial charge in [0.15, 0.2) is 0 Å². The van der Waals surface area contributed by atoms with Crippen molar-refractivity contribution in [3.8, 4) is 0 Å². The zero-order chi connectivity index (χ0) is 71.5. The summed E-state index contributed by atoms with van der Waals surface area (Å²) in [6.45, 7) is 2.11. The Balaban J connectivity index is 1.53. The van der Waals surface area contributed by atoms with Crippen molar-refractivity contribution in [1.29, 1.82) is 0 Å². The molecule has 1 aromatic carbocycles. The average molecular weight is 1410 g/mol. The van der Waals surface area contributed by atoms with E-state index in [1.54, 1.807) is 49.9 Å². The van der Waals surface area contributed by atoms with Crippen LogP contribution in [-0.2, 0) is 78.3 Å². The maximum Gasteiger partial charge on any atom is 0.317 e. The summed E-state index contributed by atoms with van der Waals surface area (Å²) in [6, 6.07) is -6.06. The Labute approximate surface area is 567 Å². The lowest BCUT2D eigenvalue weighted by molar-refractivity contribution is -0.148. The van der Waals surface area contributed by atoms with Crippen molar-refractivity contribution in [1.82, 2.24) is 66.6 Å². The highest BCUT2D eigenvalue weighted by Gasteiger charge is 2.45. The van der Waals surface area contributed by atoms with Crippen LogP contribution in [0.4, 0.5) is 0 Å². The van der Waals surface area contributed by atoms with Gasteiger partial charge in [-0.25, -0.2) is 0 Å². The molecular formula is C60H90N14O21S2. The molecule has 5 rings (SSSR count). The molecule has 97 heavy (non-hydrogen) atoms. The Morgan fingerprint density at radius 1 is 0.588 bits per heavy atom. The average Bonchev–Trinajstić information content (AvgIpc) is 1.71. The third-order valence-electron chi connectivity index (χ3n) is 16.6. The Hall–Kier alpha value is -8.23. The van der Waals surface area contributed by atoms with Crippen LogP contribution >= 0.6 is 21.6 Å². The van der Waals surface area contributed by atoms with E-state index in [-0.39, 0.29) is 123 Å². The summed E-state index contributed by atoms with van der Waals surface area (Å²) >= 11 is 0. The van der Waals surface area contributed by atoms with E-state index in [1.165, 1.54) is 9.80 Å². The molecular weight excluding hydrogens is 1320 g/mol. The van der Waals surface area contributed by atoms with E-state index in [1.807, 2.05) is 6.92 Å². The van der Waals surface area contributed by atoms with Crippen molar-refractivity contribution < 1.29 is 103 Å². The second kappa shape index (κ2) is 39.9. The summed E-state index contributed by atoms with van der Waals surface area (Å²) in [5.41, 5.74) is 5.92. The third-order valence-corrected chi connectivity index (χ3v) is 19.1. The van der Waals surface area contributed by atoms with Gasteiger partial charge < -0.3 is 83.4 Å². The number of unbranched alkanes of at least 4 members (excludes halogenated alkanes) is 1. The molecule has 0 unspecified atom stereocenters. The minimum absolute atomic E-state index is 0.0119. The largest absolute Gasteiger partial charge is 0.481 e. The fourth-order valence-corrected chi connectivity index (χ4v) is 13.8. The van der Waals surface area contributed by atoms with E-state index in [0.717, 1.165) is 28.5 Å². The summed E-state index contributed by atoms with van der Waals surface area (Å²) in [6.07, 6.45) is -2.65. The van der Waals surface area contributed by atoms with Crippen LogP contribution in [0.25, 0.3) is 0 Å². The smallest absolute Gasteiger partial charge is 0.317 e. The van der Waals surface area contributed by atoms with E-state index in [9.17, 15) is 97.8 Å². The normalized spacial score (nSPS) is 24.2. The maximum atomic E-state index is 15.2. The van der Waals surface area contributed by atoms with Crippen LogP contribution in [0.2, 0.25) is 0 Å². The first kappa shape index (κ1) is 79.5. The summed E-state index contributed by atoms with van der Waals surface area (Å²) in [4.78, 5) is 212. The third kappa shape index (κ3) is 26.6. The van der Waals surface area contributed by atoms with E-state index >= 15 is 4.79 Å². The van der Waals surface area contributed by atoms with Crippen LogP contribution in [0.1, 0.15) is 83.6 Å². The number of amides is 10. The monoisotopic (exact) mass is 1410 g/mol. The maximum absolute atomic E-state index is 15.2. The predicted octanol–water partition coefficient (Wildman–Crippen LogP) is -5.13. The van der Waals surface area contributed by atoms with Gasteiger partial charge >= 0.3 is 29.8 Å². The van der Waals surface area contributed by atoms with Gasteiger partial charge in [-0.1, -0.05) is 71.7 Å². The number of nitrogens with one attached hydrogen (secondary N) is 7. The first-order chi connectivity index (χ1) is 46.0. The van der Waals surface area contributed by atoms with E-state index < -0.39 is 188 Å². The zero-order valence-electron chi connectivity index (χ0n) is 54.1. The number of carbonyl (C=O) groups excluding carboxylic acids is 10. The van der Waals surface area contributed by atoms with Crippen molar-refractivity contribution in [3.05, 3.63) is 35.9 Å². The van der Waals surface area contributed by atoms with Crippen molar-refractivity contribution >= 4 is 111 Å². The Bertz CT molecular complexity index is 2940. The van der Waals surface area contributed by atoms with Crippen LogP contribution in [0.3, 0.4) is 0 Å². The van der Waals surface area contributed by atoms with Gasteiger partial charge in [0.05, 0.1) is 38.7 Å². The number of fused-ring (bicyclic) bond motifs is 2. The number of hydrogen-bond acceptors (Lipinski definition) is 22. The van der Waals surface area contributed by atoms with Crippen LogP contribution in [0.5, 0.6) is 0 Å². The molecule has 0 aliphatic carbocycles. The van der Waals surface area contributed by atoms with E-state index in [0.29, 0.717) is 18.4 Å². The standard InChI is InChI=1S/C60H90N14O21S2/c1-3-4-12-37(62-45(76)29-69-19-21-70(30-48(81)82)23-25-72(32-50(85)86)26-24-71(22-20-69)31-49(83)84)53(88)67-42-34-97-96-33-41(56(91)64-39(52(61)87)28-47(79)80)66-55(90)40(27-36-10-6-5-7-11-36)65-54(89)38(15-16-46(77)78)63-58(93)51(35(2)75)68-57(92)43-13-8-17-73(43)60(95)44-14-9-18-74(44)59(42)94/h5-7,10-11,35,37-44,51,75H,3-4,8-9,12-34H2,1-2H3,(H2,61,87)(H,62,76)(H,63,93)(H,64,91)(H,65,89)(H,66,90)(H,67,88)(H,68,92)(H,77,78)(H,79,80)(H,81,82)(H,83,84)(H,85,86)/t35-,37+,38+,39+,40+,41+,42+,43+,44+,51+/m1/s1. The second-order valence-corrected chi connectivity index (χ2v) is 26.7. The molecule has 0 radical (unpaired) electrons. The molecule has 0 aromatic heterocycles. The molecule has 35 nitrogen and oxygen atoms in total. The van der Waals surface area contributed by atoms with Gasteiger partial charge in [0.2, 0.25) is 59.1 Å². The number of carbonyl (C=O) groups is 15. The van der Waals surface area contributed by atoms with Crippen molar-refractivity contribution in [2.45, 2.75) is 145 Å². The highest BCUT2D eigenvalue weighted by Crippen LogP contribution is 2.29. The minimum atomic E-state index is -1.83. The van der Waals surface area contributed by atoms with Crippen LogP contribution in [-0.4, -0.2) is 313 Å². The van der Waals surface area contributed by atoms with Gasteiger partial charge in [-0.05, 0) is 51.0 Å². The van der Waals surface area contributed by atoms with Crippen LogP contribution < -0.4 is 43.0 Å². The molecule has 4 aliphatic heterocycles. The van der Waals surface area contributed by atoms with Gasteiger partial charge in [0.25, 0.3) is 0 Å². The van der Waals surface area contributed by atoms with Gasteiger partial charge in [-0.15, -0.1) is 0 Å². The number of carboxylic acids is 5. The van der Waals surface area contributed by atoms with Crippen molar-refractivity contribution in [3.63, 3.8) is 0 Å². The second-order valence-electron chi connectivity index (χ2n) is 24.2. The number of primary amides is 1. The number of carboxylic acid groups (broad SMARTS) is 5. The Morgan fingerprint density at radius 3 is 1.62 bits per heavy atom. The molecule has 4 aliphatic rings. The lowest BCUT2D eigenvalue weighted by atomic mass is 10.0. The van der Waals surface area contributed by atoms with Gasteiger partial charge in [0.1, 0.15) is 54.4 Å². The summed E-state index contributed by atoms with van der Waals surface area (Å²) in [5, 5.41) is 77.0. The number of nitrogens with zero attached hydrogens (tertiary/aromatic N) is 6. The number of nitrogens with two attached hydrogens (primary N) is 1. The van der Waals surface area contributed by atoms with E-state index in [4.69, 9.17) is 5.73 Å². The van der Waals surface area contributed by atoms with Gasteiger partial charge in [0, 0.05) is 89.8 Å². The highest BCUT2D eigenvalue weighted by molar-refractivity contribution is 8.76. The molecule has 4 fully saturated rings. The molecule has 37 heteroatoms. The molecule has 4 heterocycles. The zero-order valence-corrected chi connectivity index (χ0v) is 55.8. The first-order valence-corrected chi connectivity index (χ1v) is 34.5. The topological polar surface area (TPSA) is 507 Å². The van der Waals surface area contributed by atoms with Crippen LogP contribution in [0.15, 0.2) is 30.3 Å². The van der Waals surface area contributed by atoms with Crippen molar-refractivity contribution in [2.24, 2.45) is 5.73 Å². The lowest BCUT2D eigenvalue weighted by Crippen LogP contribution is -2.62. The fraction of sp³-hybridized carbons (Fsp3) is 0.650. The molecule has 538 valence electrons. The highest BCUT2D eigenvalue weighted by atomic mass is 33.1. The first-order valence-electron chi connectivity index (χ1n) is 32.0. The molecule has 4 saturated heterocycles. The van der Waals surface area contributed by atoms with Gasteiger partial charge in [-0.2, -0.15) is 0 Å². The molecule has 15 N–H and O–H groups in total. The predicted molar refractivity (Wildman–Crippen MR) is 346 cm³/mol. The molecule has 0 spiro atoms. The SMILES string of the molecule is CCCC[C@H](NC(=O)CN1CCN(CC(=O)O)CCN(CC(=O)O)CCN(CC(=O)O)CC1)C(=O)N[C@H]1CSSC[C@@H](C(=O)N[C@@H](CC(=O)O)C(N)=O)NC(=O)[C@H](Cc2ccccc2)NC(=O)[C@H](CCC(=O)O)NC(=O)[C@H]([C@@H](C)O)NC(=O)[C@@H]2CCCN2C(=O)[C@@H]2CCCN2C1=O. The molecule has 10 amide bonds. The Morgan fingerprint density at radius 2 is 1.10 bits per heavy atom. The fourth-order valence-electron chi connectivity index (χ4n) is 11.5. The van der Waals surface area contributed by atoms with E-state index in [2.05, 4.69) is 37.2 Å². The van der Waals surface area contributed by atoms with Crippen LogP contribution in [0, 0.1) is 0 Å². The minimum Gasteiger partial charge on any atom is -0.481 e.